The van der Waals surface area contributed by atoms with Gasteiger partial charge in [0, 0.05) is 23.0 Å². The van der Waals surface area contributed by atoms with Crippen LogP contribution in [-0.2, 0) is 0 Å². The Labute approximate surface area is 183 Å². The largest absolute Gasteiger partial charge is 0.493 e. The van der Waals surface area contributed by atoms with Gasteiger partial charge in [-0.2, -0.15) is 0 Å². The van der Waals surface area contributed by atoms with Gasteiger partial charge < -0.3 is 18.3 Å². The molecule has 0 bridgehead atoms. The molecule has 2 atom stereocenters. The Morgan fingerprint density at radius 2 is 1.72 bits per heavy atom. The number of fused-ring (bicyclic) bond motifs is 9. The van der Waals surface area contributed by atoms with Gasteiger partial charge in [-0.15, -0.1) is 0 Å². The normalized spacial score (nSPS) is 20.8. The van der Waals surface area contributed by atoms with Gasteiger partial charge in [0.1, 0.15) is 34.0 Å². The minimum Gasteiger partial charge on any atom is -0.493 e. The van der Waals surface area contributed by atoms with Crippen molar-refractivity contribution in [2.75, 3.05) is 6.61 Å². The van der Waals surface area contributed by atoms with Crippen molar-refractivity contribution >= 4 is 21.9 Å². The Balaban J connectivity index is 1.77. The zero-order valence-electron chi connectivity index (χ0n) is 18.3. The summed E-state index contributed by atoms with van der Waals surface area (Å²) in [6.45, 7) is 7.91. The van der Waals surface area contributed by atoms with Gasteiger partial charge in [0.25, 0.3) is 0 Å². The van der Waals surface area contributed by atoms with Crippen LogP contribution in [0.5, 0.6) is 11.5 Å². The van der Waals surface area contributed by atoms with Crippen LogP contribution in [0.25, 0.3) is 21.9 Å². The zero-order chi connectivity index (χ0) is 22.4. The summed E-state index contributed by atoms with van der Waals surface area (Å²) in [6, 6.07) is 10.9. The number of para-hydroxylation sites is 1. The maximum absolute atomic E-state index is 13.3. The smallest absolute Gasteiger partial charge is 0.343 e. The fourth-order valence-electron chi connectivity index (χ4n) is 5.16. The Hall–Kier alpha value is -3.54. The Morgan fingerprint density at radius 1 is 0.938 bits per heavy atom. The van der Waals surface area contributed by atoms with E-state index in [0.29, 0.717) is 57.1 Å². The number of benzene rings is 2. The molecule has 4 heterocycles. The van der Waals surface area contributed by atoms with Gasteiger partial charge >= 0.3 is 5.63 Å². The molecule has 0 N–H and O–H groups in total. The van der Waals surface area contributed by atoms with Crippen LogP contribution in [-0.4, -0.2) is 12.2 Å². The van der Waals surface area contributed by atoms with Gasteiger partial charge in [0.05, 0.1) is 22.9 Å². The topological polar surface area (TPSA) is 78.9 Å². The fourth-order valence-corrected chi connectivity index (χ4v) is 5.16. The first kappa shape index (κ1) is 19.2. The van der Waals surface area contributed by atoms with Crippen molar-refractivity contribution in [1.29, 1.82) is 0 Å². The molecule has 0 fully saturated rings. The molecule has 2 aromatic carbocycles. The molecule has 162 valence electrons. The summed E-state index contributed by atoms with van der Waals surface area (Å²) >= 11 is 0. The molecule has 0 aliphatic carbocycles. The van der Waals surface area contributed by atoms with Crippen LogP contribution in [0.4, 0.5) is 0 Å². The summed E-state index contributed by atoms with van der Waals surface area (Å²) in [5.41, 5.74) is 1.52. The molecule has 0 unspecified atom stereocenters. The summed E-state index contributed by atoms with van der Waals surface area (Å²) in [5.74, 6) is 1.12. The number of hydrogen-bond donors (Lipinski definition) is 0. The van der Waals surface area contributed by atoms with Crippen LogP contribution in [0.2, 0.25) is 0 Å². The maximum Gasteiger partial charge on any atom is 0.343 e. The molecule has 2 aliphatic heterocycles. The van der Waals surface area contributed by atoms with Gasteiger partial charge in [-0.3, -0.25) is 4.79 Å². The summed E-state index contributed by atoms with van der Waals surface area (Å²) < 4.78 is 24.4. The Kier molecular flexibility index (Phi) is 3.74. The highest BCUT2D eigenvalue weighted by Gasteiger charge is 2.51. The van der Waals surface area contributed by atoms with E-state index in [-0.39, 0.29) is 11.3 Å². The molecule has 32 heavy (non-hydrogen) atoms. The van der Waals surface area contributed by atoms with Crippen molar-refractivity contribution in [3.63, 3.8) is 0 Å². The minimum absolute atomic E-state index is 0.0780. The van der Waals surface area contributed by atoms with Crippen molar-refractivity contribution < 1.29 is 18.3 Å². The van der Waals surface area contributed by atoms with Gasteiger partial charge in [0.15, 0.2) is 5.43 Å². The third-order valence-electron chi connectivity index (χ3n) is 7.02. The molecule has 2 aromatic heterocycles. The van der Waals surface area contributed by atoms with E-state index in [1.807, 2.05) is 32.0 Å². The first-order valence-corrected chi connectivity index (χ1v) is 10.7. The monoisotopic (exact) mass is 430 g/mol. The summed E-state index contributed by atoms with van der Waals surface area (Å²) in [6.07, 6.45) is 0. The molecule has 0 amide bonds. The molecule has 2 aliphatic rings. The van der Waals surface area contributed by atoms with Crippen molar-refractivity contribution in [3.8, 4) is 11.5 Å². The molecule has 6 heteroatoms. The van der Waals surface area contributed by atoms with Crippen LogP contribution in [0.15, 0.2) is 54.8 Å². The highest BCUT2D eigenvalue weighted by molar-refractivity contribution is 5.88. The molecule has 0 saturated heterocycles. The average molecular weight is 430 g/mol. The lowest BCUT2D eigenvalue weighted by atomic mass is 9.70. The van der Waals surface area contributed by atoms with E-state index in [0.717, 1.165) is 5.39 Å². The first-order chi connectivity index (χ1) is 15.3. The van der Waals surface area contributed by atoms with Gasteiger partial charge in [0.2, 0.25) is 0 Å². The van der Waals surface area contributed by atoms with E-state index in [9.17, 15) is 9.59 Å². The van der Waals surface area contributed by atoms with E-state index in [4.69, 9.17) is 18.3 Å². The Morgan fingerprint density at radius 3 is 2.53 bits per heavy atom. The highest BCUT2D eigenvalue weighted by Crippen LogP contribution is 2.54. The van der Waals surface area contributed by atoms with Crippen molar-refractivity contribution in [2.24, 2.45) is 5.92 Å². The predicted octanol–water partition coefficient (Wildman–Crippen LogP) is 4.83. The van der Waals surface area contributed by atoms with E-state index < -0.39 is 17.1 Å². The van der Waals surface area contributed by atoms with Crippen molar-refractivity contribution in [2.45, 2.75) is 39.2 Å². The quantitative estimate of drug-likeness (QED) is 0.372. The van der Waals surface area contributed by atoms with E-state index >= 15 is 0 Å². The molecular weight excluding hydrogens is 408 g/mol. The third-order valence-corrected chi connectivity index (χ3v) is 7.02. The van der Waals surface area contributed by atoms with Gasteiger partial charge in [-0.1, -0.05) is 12.1 Å². The summed E-state index contributed by atoms with van der Waals surface area (Å²) in [4.78, 5) is 26.3. The fraction of sp³-hybridized carbons (Fsp3) is 0.308. The van der Waals surface area contributed by atoms with Gasteiger partial charge in [-0.05, 0) is 52.0 Å². The second-order valence-electron chi connectivity index (χ2n) is 9.20. The number of aryl methyl sites for hydroxylation is 1. The zero-order valence-corrected chi connectivity index (χ0v) is 18.3. The van der Waals surface area contributed by atoms with Crippen LogP contribution < -0.4 is 20.5 Å². The summed E-state index contributed by atoms with van der Waals surface area (Å²) in [5, 5.41) is 1.22. The predicted molar refractivity (Wildman–Crippen MR) is 120 cm³/mol. The second-order valence-corrected chi connectivity index (χ2v) is 9.20. The SMILES string of the molecule is Cc1oc2c3c(ccc2c(=O)c1C)OC[C@H]1[C@@H]3c2c(c3ccccc3oc2=O)OC1(C)C. The van der Waals surface area contributed by atoms with Crippen LogP contribution in [0.3, 0.4) is 0 Å². The first-order valence-electron chi connectivity index (χ1n) is 10.7. The van der Waals surface area contributed by atoms with Crippen molar-refractivity contribution in [3.05, 3.63) is 79.5 Å². The lowest BCUT2D eigenvalue weighted by molar-refractivity contribution is -0.0135. The van der Waals surface area contributed by atoms with Crippen molar-refractivity contribution in [1.82, 2.24) is 0 Å². The highest BCUT2D eigenvalue weighted by atomic mass is 16.5. The van der Waals surface area contributed by atoms with Crippen LogP contribution in [0, 0.1) is 19.8 Å². The maximum atomic E-state index is 13.3. The summed E-state index contributed by atoms with van der Waals surface area (Å²) in [7, 11) is 0. The minimum atomic E-state index is -0.631. The van der Waals surface area contributed by atoms with E-state index in [2.05, 4.69) is 0 Å². The lowest BCUT2D eigenvalue weighted by Crippen LogP contribution is -2.50. The lowest BCUT2D eigenvalue weighted by Gasteiger charge is -2.46. The third kappa shape index (κ3) is 2.40. The standard InChI is InChI=1S/C26H22O6/c1-12-13(2)30-23-15(22(12)27)9-10-18-20(23)19-16(11-29-18)26(3,4)32-24-14-7-5-6-8-17(14)31-25(28)21(19)24/h5-10,16,19H,11H2,1-4H3/t16-,19-/m0/s1. The van der Waals surface area contributed by atoms with Gasteiger partial charge in [-0.25, -0.2) is 4.79 Å². The molecular formula is C26H22O6. The number of hydrogen-bond acceptors (Lipinski definition) is 6. The van der Waals surface area contributed by atoms with Crippen LogP contribution >= 0.6 is 0 Å². The molecule has 4 aromatic rings. The van der Waals surface area contributed by atoms with E-state index in [1.54, 1.807) is 32.0 Å². The molecule has 6 rings (SSSR count). The van der Waals surface area contributed by atoms with Crippen LogP contribution in [0.1, 0.15) is 42.2 Å². The number of rotatable bonds is 0. The molecule has 6 nitrogen and oxygen atoms in total. The number of ether oxygens (including phenoxy) is 2. The average Bonchev–Trinajstić information content (AvgIpc) is 2.76. The molecule has 0 spiro atoms. The molecule has 0 saturated carbocycles. The second kappa shape index (κ2) is 6.25. The van der Waals surface area contributed by atoms with E-state index in [1.165, 1.54) is 0 Å². The molecule has 0 radical (unpaired) electrons. The Bertz CT molecular complexity index is 1560.